The molecule has 0 aliphatic carbocycles. The monoisotopic (exact) mass is 390 g/mol. The van der Waals surface area contributed by atoms with Gasteiger partial charge in [0.15, 0.2) is 0 Å². The molecule has 0 aromatic heterocycles. The third-order valence-corrected chi connectivity index (χ3v) is 6.71. The molecule has 0 N–H and O–H groups in total. The summed E-state index contributed by atoms with van der Waals surface area (Å²) in [6, 6.07) is 15.5. The van der Waals surface area contributed by atoms with Crippen molar-refractivity contribution in [3.8, 4) is 11.8 Å². The number of nitrogens with zero attached hydrogens (tertiary/aromatic N) is 2. The highest BCUT2D eigenvalue weighted by molar-refractivity contribution is 7.89. The number of halogens is 1. The Morgan fingerprint density at radius 2 is 1.77 bits per heavy atom. The topological polar surface area (TPSA) is 70.4 Å². The van der Waals surface area contributed by atoms with Crippen molar-refractivity contribution in [2.75, 3.05) is 19.7 Å². The van der Waals surface area contributed by atoms with E-state index in [1.54, 1.807) is 24.3 Å². The van der Waals surface area contributed by atoms with Crippen molar-refractivity contribution < 1.29 is 13.2 Å². The van der Waals surface area contributed by atoms with Crippen molar-refractivity contribution in [3.05, 3.63) is 59.1 Å². The molecule has 5 nitrogen and oxygen atoms in total. The molecule has 0 spiro atoms. The summed E-state index contributed by atoms with van der Waals surface area (Å²) < 4.78 is 32.9. The van der Waals surface area contributed by atoms with Crippen LogP contribution in [0.15, 0.2) is 53.4 Å². The molecular weight excluding hydrogens is 372 g/mol. The number of benzene rings is 2. The van der Waals surface area contributed by atoms with Crippen LogP contribution in [0.3, 0.4) is 0 Å². The van der Waals surface area contributed by atoms with Crippen LogP contribution < -0.4 is 4.74 Å². The lowest BCUT2D eigenvalue weighted by Crippen LogP contribution is -2.39. The Kier molecular flexibility index (Phi) is 5.82. The molecule has 1 saturated heterocycles. The Hall–Kier alpha value is -2.07. The lowest BCUT2D eigenvalue weighted by Gasteiger charge is -2.31. The van der Waals surface area contributed by atoms with E-state index in [1.807, 2.05) is 18.2 Å². The van der Waals surface area contributed by atoms with Gasteiger partial charge in [0.1, 0.15) is 11.8 Å². The molecule has 0 unspecified atom stereocenters. The molecule has 0 bridgehead atoms. The number of hydrogen-bond donors (Lipinski definition) is 0. The van der Waals surface area contributed by atoms with Crippen LogP contribution in [0.4, 0.5) is 0 Å². The van der Waals surface area contributed by atoms with Gasteiger partial charge >= 0.3 is 0 Å². The summed E-state index contributed by atoms with van der Waals surface area (Å²) in [5.74, 6) is 1.05. The highest BCUT2D eigenvalue weighted by Crippen LogP contribution is 2.26. The van der Waals surface area contributed by atoms with Crippen LogP contribution in [0.25, 0.3) is 0 Å². The summed E-state index contributed by atoms with van der Waals surface area (Å²) in [5.41, 5.74) is 0.181. The minimum atomic E-state index is -3.64. The van der Waals surface area contributed by atoms with Gasteiger partial charge in [0.25, 0.3) is 0 Å². The first-order valence-corrected chi connectivity index (χ1v) is 10.2. The Morgan fingerprint density at radius 3 is 2.42 bits per heavy atom. The second-order valence-electron chi connectivity index (χ2n) is 6.22. The van der Waals surface area contributed by atoms with E-state index in [0.29, 0.717) is 30.6 Å². The molecule has 3 rings (SSSR count). The van der Waals surface area contributed by atoms with E-state index in [4.69, 9.17) is 21.6 Å². The van der Waals surface area contributed by atoms with E-state index in [2.05, 4.69) is 0 Å². The molecule has 0 amide bonds. The predicted molar refractivity (Wildman–Crippen MR) is 99.6 cm³/mol. The van der Waals surface area contributed by atoms with Crippen LogP contribution in [0, 0.1) is 17.2 Å². The molecule has 26 heavy (non-hydrogen) atoms. The zero-order valence-corrected chi connectivity index (χ0v) is 15.7. The molecule has 1 heterocycles. The molecule has 0 saturated carbocycles. The number of ether oxygens (including phenoxy) is 1. The van der Waals surface area contributed by atoms with Gasteiger partial charge in [0.2, 0.25) is 10.0 Å². The van der Waals surface area contributed by atoms with E-state index >= 15 is 0 Å². The molecule has 0 radical (unpaired) electrons. The van der Waals surface area contributed by atoms with E-state index in [0.717, 1.165) is 18.6 Å². The van der Waals surface area contributed by atoms with E-state index in [-0.39, 0.29) is 10.5 Å². The fourth-order valence-corrected chi connectivity index (χ4v) is 4.72. The fourth-order valence-electron chi connectivity index (χ4n) is 2.98. The van der Waals surface area contributed by atoms with Crippen LogP contribution in [-0.4, -0.2) is 32.4 Å². The third-order valence-electron chi connectivity index (χ3n) is 4.50. The minimum absolute atomic E-state index is 0.0818. The van der Waals surface area contributed by atoms with Gasteiger partial charge in [-0.3, -0.25) is 0 Å². The minimum Gasteiger partial charge on any atom is -0.493 e. The smallest absolute Gasteiger partial charge is 0.244 e. The van der Waals surface area contributed by atoms with Crippen molar-refractivity contribution >= 4 is 21.6 Å². The SMILES string of the molecule is N#Cc1ccccc1S(=O)(=O)N1CCC(COc2ccc(Cl)cc2)CC1. The first kappa shape index (κ1) is 18.7. The van der Waals surface area contributed by atoms with Gasteiger partial charge in [0, 0.05) is 18.1 Å². The van der Waals surface area contributed by atoms with Crippen molar-refractivity contribution in [1.82, 2.24) is 4.31 Å². The second-order valence-corrected chi connectivity index (χ2v) is 8.56. The third kappa shape index (κ3) is 4.18. The molecule has 0 atom stereocenters. The Labute approximate surface area is 158 Å². The van der Waals surface area contributed by atoms with E-state index in [1.165, 1.54) is 16.4 Å². The van der Waals surface area contributed by atoms with Crippen LogP contribution in [-0.2, 0) is 10.0 Å². The Balaban J connectivity index is 1.59. The number of rotatable bonds is 5. The molecule has 2 aromatic rings. The highest BCUT2D eigenvalue weighted by atomic mass is 35.5. The molecule has 7 heteroatoms. The number of sulfonamides is 1. The maximum atomic E-state index is 12.8. The van der Waals surface area contributed by atoms with E-state index in [9.17, 15) is 8.42 Å². The average Bonchev–Trinajstić information content (AvgIpc) is 2.68. The van der Waals surface area contributed by atoms with Crippen LogP contribution in [0.1, 0.15) is 18.4 Å². The summed E-state index contributed by atoms with van der Waals surface area (Å²) in [7, 11) is -3.64. The maximum absolute atomic E-state index is 12.8. The highest BCUT2D eigenvalue weighted by Gasteiger charge is 2.31. The van der Waals surface area contributed by atoms with Crippen LogP contribution >= 0.6 is 11.6 Å². The van der Waals surface area contributed by atoms with Crippen LogP contribution in [0.2, 0.25) is 5.02 Å². The number of nitriles is 1. The summed E-state index contributed by atoms with van der Waals surface area (Å²) in [4.78, 5) is 0.0818. The number of hydrogen-bond acceptors (Lipinski definition) is 4. The zero-order valence-electron chi connectivity index (χ0n) is 14.1. The summed E-state index contributed by atoms with van der Waals surface area (Å²) in [6.07, 6.45) is 1.45. The first-order valence-electron chi connectivity index (χ1n) is 8.38. The molecule has 136 valence electrons. The van der Waals surface area contributed by atoms with Crippen molar-refractivity contribution in [1.29, 1.82) is 5.26 Å². The van der Waals surface area contributed by atoms with Gasteiger partial charge in [0.05, 0.1) is 17.1 Å². The maximum Gasteiger partial charge on any atom is 0.244 e. The summed E-state index contributed by atoms with van der Waals surface area (Å²) in [6.45, 7) is 1.40. The van der Waals surface area contributed by atoms with Crippen molar-refractivity contribution in [2.45, 2.75) is 17.7 Å². The quantitative estimate of drug-likeness (QED) is 0.780. The van der Waals surface area contributed by atoms with Crippen molar-refractivity contribution in [3.63, 3.8) is 0 Å². The molecule has 1 aliphatic rings. The van der Waals surface area contributed by atoms with Gasteiger partial charge < -0.3 is 4.74 Å². The average molecular weight is 391 g/mol. The van der Waals surface area contributed by atoms with Gasteiger partial charge in [-0.25, -0.2) is 8.42 Å². The van der Waals surface area contributed by atoms with Crippen LogP contribution in [0.5, 0.6) is 5.75 Å². The summed E-state index contributed by atoms with van der Waals surface area (Å²) >= 11 is 5.85. The zero-order chi connectivity index (χ0) is 18.6. The normalized spacial score (nSPS) is 16.2. The Bertz CT molecular complexity index is 899. The van der Waals surface area contributed by atoms with Gasteiger partial charge in [-0.05, 0) is 55.2 Å². The van der Waals surface area contributed by atoms with Crippen molar-refractivity contribution in [2.24, 2.45) is 5.92 Å². The Morgan fingerprint density at radius 1 is 1.12 bits per heavy atom. The molecule has 2 aromatic carbocycles. The van der Waals surface area contributed by atoms with Gasteiger partial charge in [-0.2, -0.15) is 9.57 Å². The standard InChI is InChI=1S/C19H19ClN2O3S/c20-17-5-7-18(8-6-17)25-14-15-9-11-22(12-10-15)26(23,24)19-4-2-1-3-16(19)13-21/h1-8,15H,9-12,14H2. The largest absolute Gasteiger partial charge is 0.493 e. The number of piperidine rings is 1. The first-order chi connectivity index (χ1) is 12.5. The lowest BCUT2D eigenvalue weighted by molar-refractivity contribution is 0.185. The molecule has 1 fully saturated rings. The second kappa shape index (κ2) is 8.09. The molecule has 1 aliphatic heterocycles. The van der Waals surface area contributed by atoms with Gasteiger partial charge in [-0.1, -0.05) is 23.7 Å². The molecular formula is C19H19ClN2O3S. The fraction of sp³-hybridized carbons (Fsp3) is 0.316. The van der Waals surface area contributed by atoms with Gasteiger partial charge in [-0.15, -0.1) is 0 Å². The predicted octanol–water partition coefficient (Wildman–Crippen LogP) is 3.69. The van der Waals surface area contributed by atoms with E-state index < -0.39 is 10.0 Å². The lowest BCUT2D eigenvalue weighted by atomic mass is 9.99. The summed E-state index contributed by atoms with van der Waals surface area (Å²) in [5, 5.41) is 9.82.